The average molecular weight is 242 g/mol. The monoisotopic (exact) mass is 242 g/mol. The second-order valence-electron chi connectivity index (χ2n) is 2.55. The second-order valence-corrected chi connectivity index (χ2v) is 5.35. The summed E-state index contributed by atoms with van der Waals surface area (Å²) in [6, 6.07) is 0. The Hall–Kier alpha value is -0.700. The third-order valence-corrected chi connectivity index (χ3v) is 3.19. The highest BCUT2D eigenvalue weighted by Gasteiger charge is 2.22. The van der Waals surface area contributed by atoms with Crippen LogP contribution in [0.25, 0.3) is 0 Å². The van der Waals surface area contributed by atoms with Crippen LogP contribution in [0.2, 0.25) is 0 Å². The quantitative estimate of drug-likeness (QED) is 0.539. The molecule has 0 aromatic heterocycles. The smallest absolute Gasteiger partial charge is 0.285 e. The van der Waals surface area contributed by atoms with E-state index >= 15 is 0 Å². The highest BCUT2D eigenvalue weighted by molar-refractivity contribution is 7.89. The highest BCUT2D eigenvalue weighted by Crippen LogP contribution is 2.12. The van der Waals surface area contributed by atoms with Crippen molar-refractivity contribution in [2.75, 3.05) is 0 Å². The predicted octanol–water partition coefficient (Wildman–Crippen LogP) is 0.220. The molecule has 0 saturated carbocycles. The molecule has 0 aromatic carbocycles. The first-order valence-electron chi connectivity index (χ1n) is 3.32. The lowest BCUT2D eigenvalue weighted by Gasteiger charge is -2.08. The zero-order valence-electron chi connectivity index (χ0n) is 7.28. The van der Waals surface area contributed by atoms with Gasteiger partial charge in [0.15, 0.2) is 0 Å². The lowest BCUT2D eigenvalue weighted by molar-refractivity contribution is 0.479. The zero-order valence-corrected chi connectivity index (χ0v) is 8.92. The Bertz CT molecular complexity index is 441. The summed E-state index contributed by atoms with van der Waals surface area (Å²) in [6.07, 6.45) is 0.854. The van der Waals surface area contributed by atoms with E-state index in [4.69, 9.17) is 9.11 Å². The molecule has 6 nitrogen and oxygen atoms in total. The Labute approximate surface area is 82.4 Å². The molecule has 0 saturated heterocycles. The molecule has 0 amide bonds. The molecule has 0 radical (unpaired) electrons. The summed E-state index contributed by atoms with van der Waals surface area (Å²) in [5.74, 6) is 0. The summed E-state index contributed by atoms with van der Waals surface area (Å²) >= 11 is 0. The van der Waals surface area contributed by atoms with Crippen LogP contribution in [0.15, 0.2) is 23.6 Å². The molecular weight excluding hydrogens is 232 g/mol. The largest absolute Gasteiger partial charge is 0.287 e. The molecule has 82 valence electrons. The molecule has 0 fully saturated rings. The van der Waals surface area contributed by atoms with Crippen LogP contribution in [-0.2, 0) is 20.2 Å². The summed E-state index contributed by atoms with van der Waals surface area (Å²) in [4.78, 5) is 0. The number of rotatable bonds is 4. The summed E-state index contributed by atoms with van der Waals surface area (Å²) in [5, 5.41) is -1.20. The predicted molar refractivity (Wildman–Crippen MR) is 50.8 cm³/mol. The lowest BCUT2D eigenvalue weighted by atomic mass is 10.2. The van der Waals surface area contributed by atoms with Crippen LogP contribution in [0, 0.1) is 0 Å². The molecule has 0 spiro atoms. The van der Waals surface area contributed by atoms with Crippen molar-refractivity contribution in [1.29, 1.82) is 0 Å². The molecule has 0 aliphatic carbocycles. The van der Waals surface area contributed by atoms with Gasteiger partial charge in [-0.25, -0.2) is 0 Å². The Morgan fingerprint density at radius 2 is 1.71 bits per heavy atom. The van der Waals surface area contributed by atoms with E-state index in [-0.39, 0.29) is 5.57 Å². The van der Waals surface area contributed by atoms with Crippen LogP contribution in [0.4, 0.5) is 0 Å². The van der Waals surface area contributed by atoms with E-state index in [9.17, 15) is 16.8 Å². The van der Waals surface area contributed by atoms with E-state index < -0.39 is 25.5 Å². The topological polar surface area (TPSA) is 109 Å². The highest BCUT2D eigenvalue weighted by atomic mass is 32.2. The lowest BCUT2D eigenvalue weighted by Crippen LogP contribution is -2.19. The second kappa shape index (κ2) is 4.22. The first-order chi connectivity index (χ1) is 6.08. The van der Waals surface area contributed by atoms with Gasteiger partial charge < -0.3 is 0 Å². The third kappa shape index (κ3) is 4.51. The van der Waals surface area contributed by atoms with Crippen molar-refractivity contribution in [3.63, 3.8) is 0 Å². The van der Waals surface area contributed by atoms with Gasteiger partial charge in [0.1, 0.15) is 5.25 Å². The van der Waals surface area contributed by atoms with Gasteiger partial charge in [0.2, 0.25) is 0 Å². The van der Waals surface area contributed by atoms with E-state index in [1.807, 2.05) is 0 Å². The molecule has 2 N–H and O–H groups in total. The van der Waals surface area contributed by atoms with E-state index in [2.05, 4.69) is 6.58 Å². The number of hydrogen-bond acceptors (Lipinski definition) is 4. The minimum atomic E-state index is -4.45. The van der Waals surface area contributed by atoms with Gasteiger partial charge in [-0.2, -0.15) is 16.8 Å². The summed E-state index contributed by atoms with van der Waals surface area (Å²) in [5.41, 5.74) is -0.245. The van der Waals surface area contributed by atoms with Crippen molar-refractivity contribution in [3.05, 3.63) is 23.6 Å². The van der Waals surface area contributed by atoms with Gasteiger partial charge in [0.25, 0.3) is 20.2 Å². The maximum atomic E-state index is 10.7. The zero-order chi connectivity index (χ0) is 11.6. The van der Waals surface area contributed by atoms with E-state index in [1.165, 1.54) is 0 Å². The molecule has 0 rings (SSSR count). The standard InChI is InChI=1S/C6H10O6S2/c1-3-6(14(10,11)12)5(2)4-13(7,8)9/h3-4,6H,1H2,2H3,(H,7,8,9)(H,10,11,12). The first kappa shape index (κ1) is 13.3. The number of hydrogen-bond donors (Lipinski definition) is 2. The Morgan fingerprint density at radius 1 is 1.29 bits per heavy atom. The van der Waals surface area contributed by atoms with Crippen molar-refractivity contribution in [3.8, 4) is 0 Å². The van der Waals surface area contributed by atoms with Crippen LogP contribution >= 0.6 is 0 Å². The fourth-order valence-electron chi connectivity index (χ4n) is 0.844. The molecule has 1 unspecified atom stereocenters. The van der Waals surface area contributed by atoms with E-state index in [0.717, 1.165) is 13.0 Å². The Kier molecular flexibility index (Phi) is 4.01. The van der Waals surface area contributed by atoms with Crippen LogP contribution < -0.4 is 0 Å². The van der Waals surface area contributed by atoms with Crippen molar-refractivity contribution in [1.82, 2.24) is 0 Å². The van der Waals surface area contributed by atoms with Gasteiger partial charge in [0, 0.05) is 0 Å². The maximum absolute atomic E-state index is 10.7. The first-order valence-corrected chi connectivity index (χ1v) is 6.33. The Balaban J connectivity index is 5.32. The molecule has 8 heteroatoms. The third-order valence-electron chi connectivity index (χ3n) is 1.32. The van der Waals surface area contributed by atoms with Gasteiger partial charge in [-0.15, -0.1) is 6.58 Å². The van der Waals surface area contributed by atoms with Crippen LogP contribution in [0.3, 0.4) is 0 Å². The minimum Gasteiger partial charge on any atom is -0.285 e. The van der Waals surface area contributed by atoms with Gasteiger partial charge in [0.05, 0.1) is 5.41 Å². The molecule has 0 aliphatic rings. The van der Waals surface area contributed by atoms with Gasteiger partial charge in [-0.1, -0.05) is 6.08 Å². The normalized spacial score (nSPS) is 16.4. The summed E-state index contributed by atoms with van der Waals surface area (Å²) in [7, 11) is -8.87. The molecule has 0 bridgehead atoms. The molecule has 0 aliphatic heterocycles. The summed E-state index contributed by atoms with van der Waals surface area (Å²) in [6.45, 7) is 4.25. The Morgan fingerprint density at radius 3 is 1.93 bits per heavy atom. The maximum Gasteiger partial charge on any atom is 0.287 e. The average Bonchev–Trinajstić information content (AvgIpc) is 1.79. The van der Waals surface area contributed by atoms with Crippen LogP contribution in [0.5, 0.6) is 0 Å². The van der Waals surface area contributed by atoms with Crippen molar-refractivity contribution in [2.45, 2.75) is 12.2 Å². The fraction of sp³-hybridized carbons (Fsp3) is 0.333. The fourth-order valence-corrected chi connectivity index (χ4v) is 2.33. The van der Waals surface area contributed by atoms with E-state index in [0.29, 0.717) is 5.41 Å². The van der Waals surface area contributed by atoms with Crippen LogP contribution in [0.1, 0.15) is 6.92 Å². The minimum absolute atomic E-state index is 0.245. The summed E-state index contributed by atoms with van der Waals surface area (Å²) < 4.78 is 59.0. The molecular formula is C6H10O6S2. The van der Waals surface area contributed by atoms with Crippen molar-refractivity contribution in [2.24, 2.45) is 0 Å². The van der Waals surface area contributed by atoms with Gasteiger partial charge in [-0.3, -0.25) is 9.11 Å². The van der Waals surface area contributed by atoms with Crippen LogP contribution in [-0.4, -0.2) is 31.2 Å². The molecule has 0 heterocycles. The molecule has 14 heavy (non-hydrogen) atoms. The van der Waals surface area contributed by atoms with Gasteiger partial charge >= 0.3 is 0 Å². The SMILES string of the molecule is C=CC(C(C)=CS(=O)(=O)O)S(=O)(=O)O. The van der Waals surface area contributed by atoms with E-state index in [1.54, 1.807) is 0 Å². The van der Waals surface area contributed by atoms with Crippen molar-refractivity contribution >= 4 is 20.2 Å². The molecule has 0 aromatic rings. The van der Waals surface area contributed by atoms with Gasteiger partial charge in [-0.05, 0) is 12.5 Å². The molecule has 1 atom stereocenters. The van der Waals surface area contributed by atoms with Crippen molar-refractivity contribution < 1.29 is 25.9 Å².